The summed E-state index contributed by atoms with van der Waals surface area (Å²) in [6.07, 6.45) is 7.92. The van der Waals surface area contributed by atoms with Gasteiger partial charge in [-0.15, -0.1) is 0 Å². The number of nitrogens with one attached hydrogen (secondary N) is 1. The van der Waals surface area contributed by atoms with E-state index in [1.165, 1.54) is 16.7 Å². The minimum absolute atomic E-state index is 0.00845. The molecule has 2 fully saturated rings. The molecule has 2 amide bonds. The molecule has 30 heavy (non-hydrogen) atoms. The second kappa shape index (κ2) is 8.47. The lowest BCUT2D eigenvalue weighted by atomic mass is 10.0. The van der Waals surface area contributed by atoms with E-state index in [1.54, 1.807) is 6.08 Å². The zero-order valence-electron chi connectivity index (χ0n) is 18.1. The molecule has 0 aromatic heterocycles. The number of hydrogen-bond acceptors (Lipinski definition) is 2. The summed E-state index contributed by atoms with van der Waals surface area (Å²) in [7, 11) is 0. The van der Waals surface area contributed by atoms with Crippen LogP contribution in [0.15, 0.2) is 42.5 Å². The molecule has 0 unspecified atom stereocenters. The molecule has 0 bridgehead atoms. The number of aryl methyl sites for hydroxylation is 3. The topological polar surface area (TPSA) is 49.4 Å². The molecule has 0 atom stereocenters. The van der Waals surface area contributed by atoms with Gasteiger partial charge in [-0.1, -0.05) is 24.3 Å². The Morgan fingerprint density at radius 1 is 0.967 bits per heavy atom. The minimum Gasteiger partial charge on any atom is -0.349 e. The molecule has 156 valence electrons. The lowest BCUT2D eigenvalue weighted by molar-refractivity contribution is -0.127. The Labute approximate surface area is 179 Å². The molecule has 2 aromatic rings. The number of rotatable bonds is 7. The minimum atomic E-state index is -0.00845. The van der Waals surface area contributed by atoms with Gasteiger partial charge in [0.05, 0.1) is 0 Å². The van der Waals surface area contributed by atoms with Crippen molar-refractivity contribution in [2.24, 2.45) is 0 Å². The van der Waals surface area contributed by atoms with Crippen LogP contribution < -0.4 is 5.32 Å². The average Bonchev–Trinajstić information content (AvgIpc) is 3.63. The van der Waals surface area contributed by atoms with E-state index in [1.807, 2.05) is 35.2 Å². The predicted molar refractivity (Wildman–Crippen MR) is 120 cm³/mol. The van der Waals surface area contributed by atoms with Gasteiger partial charge >= 0.3 is 0 Å². The third kappa shape index (κ3) is 4.99. The van der Waals surface area contributed by atoms with Crippen molar-refractivity contribution in [2.45, 2.75) is 65.1 Å². The first-order valence-electron chi connectivity index (χ1n) is 10.9. The maximum Gasteiger partial charge on any atom is 0.251 e. The number of hydrogen-bond donors (Lipinski definition) is 1. The number of benzene rings is 2. The summed E-state index contributed by atoms with van der Waals surface area (Å²) in [5.41, 5.74) is 6.50. The predicted octanol–water partition coefficient (Wildman–Crippen LogP) is 4.71. The lowest BCUT2D eigenvalue weighted by Gasteiger charge is -2.21. The van der Waals surface area contributed by atoms with Gasteiger partial charge < -0.3 is 10.2 Å². The van der Waals surface area contributed by atoms with Crippen LogP contribution >= 0.6 is 0 Å². The fourth-order valence-corrected chi connectivity index (χ4v) is 3.65. The van der Waals surface area contributed by atoms with Crippen LogP contribution in [0.4, 0.5) is 0 Å². The van der Waals surface area contributed by atoms with Crippen LogP contribution in [0.1, 0.15) is 63.9 Å². The van der Waals surface area contributed by atoms with Crippen LogP contribution in [-0.4, -0.2) is 28.8 Å². The molecule has 2 aliphatic carbocycles. The Hall–Kier alpha value is -2.88. The zero-order valence-corrected chi connectivity index (χ0v) is 18.1. The monoisotopic (exact) mass is 402 g/mol. The maximum atomic E-state index is 12.9. The van der Waals surface area contributed by atoms with Gasteiger partial charge in [0.1, 0.15) is 0 Å². The van der Waals surface area contributed by atoms with Gasteiger partial charge in [0, 0.05) is 30.3 Å². The quantitative estimate of drug-likeness (QED) is 0.682. The standard InChI is InChI=1S/C26H30N2O2/c1-17-14-19(3)22(15-18(17)2)8-13-25(29)28(24-11-12-24)16-20-4-6-21(7-5-20)26(30)27-23-9-10-23/h4-8,13-15,23-24H,9-12,16H2,1-3H3,(H,27,30)/b13-8+. The van der Waals surface area contributed by atoms with Gasteiger partial charge in [0.25, 0.3) is 5.91 Å². The van der Waals surface area contributed by atoms with Crippen molar-refractivity contribution in [1.82, 2.24) is 10.2 Å². The second-order valence-electron chi connectivity index (χ2n) is 8.77. The Kier molecular flexibility index (Phi) is 5.76. The summed E-state index contributed by atoms with van der Waals surface area (Å²) in [6.45, 7) is 6.86. The summed E-state index contributed by atoms with van der Waals surface area (Å²) in [4.78, 5) is 27.1. The SMILES string of the molecule is Cc1cc(C)c(/C=C/C(=O)N(Cc2ccc(C(=O)NC3CC3)cc2)C2CC2)cc1C. The van der Waals surface area contributed by atoms with Crippen molar-refractivity contribution in [3.05, 3.63) is 75.9 Å². The molecule has 0 radical (unpaired) electrons. The largest absolute Gasteiger partial charge is 0.349 e. The van der Waals surface area contributed by atoms with Crippen LogP contribution in [0.3, 0.4) is 0 Å². The molecule has 2 saturated carbocycles. The maximum absolute atomic E-state index is 12.9. The van der Waals surface area contributed by atoms with Crippen molar-refractivity contribution >= 4 is 17.9 Å². The second-order valence-corrected chi connectivity index (χ2v) is 8.77. The summed E-state index contributed by atoms with van der Waals surface area (Å²) in [6, 6.07) is 12.6. The van der Waals surface area contributed by atoms with Gasteiger partial charge in [0.2, 0.25) is 5.91 Å². The molecule has 4 nitrogen and oxygen atoms in total. The number of nitrogens with zero attached hydrogens (tertiary/aromatic N) is 1. The highest BCUT2D eigenvalue weighted by Crippen LogP contribution is 2.29. The van der Waals surface area contributed by atoms with Crippen molar-refractivity contribution < 1.29 is 9.59 Å². The molecule has 1 N–H and O–H groups in total. The Morgan fingerprint density at radius 3 is 2.27 bits per heavy atom. The molecule has 4 rings (SSSR count). The van der Waals surface area contributed by atoms with E-state index < -0.39 is 0 Å². The Bertz CT molecular complexity index is 983. The molecule has 0 aliphatic heterocycles. The van der Waals surface area contributed by atoms with Crippen molar-refractivity contribution in [3.63, 3.8) is 0 Å². The highest BCUT2D eigenvalue weighted by molar-refractivity contribution is 5.94. The van der Waals surface area contributed by atoms with E-state index in [4.69, 9.17) is 0 Å². The van der Waals surface area contributed by atoms with Crippen LogP contribution in [-0.2, 0) is 11.3 Å². The fourth-order valence-electron chi connectivity index (χ4n) is 3.65. The number of amides is 2. The molecular formula is C26H30N2O2. The van der Waals surface area contributed by atoms with Crippen LogP contribution in [0.5, 0.6) is 0 Å². The highest BCUT2D eigenvalue weighted by Gasteiger charge is 2.31. The van der Waals surface area contributed by atoms with Gasteiger partial charge in [-0.05, 0) is 92.5 Å². The van der Waals surface area contributed by atoms with Crippen molar-refractivity contribution in [2.75, 3.05) is 0 Å². The Morgan fingerprint density at radius 2 is 1.63 bits per heavy atom. The van der Waals surface area contributed by atoms with Gasteiger partial charge in [-0.3, -0.25) is 9.59 Å². The first-order valence-corrected chi connectivity index (χ1v) is 10.9. The van der Waals surface area contributed by atoms with E-state index in [2.05, 4.69) is 38.2 Å². The molecule has 0 heterocycles. The van der Waals surface area contributed by atoms with E-state index in [0.717, 1.165) is 36.8 Å². The van der Waals surface area contributed by atoms with E-state index >= 15 is 0 Å². The smallest absolute Gasteiger partial charge is 0.251 e. The molecule has 0 spiro atoms. The first-order chi connectivity index (χ1) is 14.4. The summed E-state index contributed by atoms with van der Waals surface area (Å²) in [5, 5.41) is 3.01. The Balaban J connectivity index is 1.43. The number of carbonyl (C=O) groups is 2. The molecule has 2 aliphatic rings. The van der Waals surface area contributed by atoms with Gasteiger partial charge in [-0.25, -0.2) is 0 Å². The van der Waals surface area contributed by atoms with Crippen LogP contribution in [0.2, 0.25) is 0 Å². The fraction of sp³-hybridized carbons (Fsp3) is 0.385. The van der Waals surface area contributed by atoms with E-state index in [0.29, 0.717) is 24.2 Å². The van der Waals surface area contributed by atoms with E-state index in [-0.39, 0.29) is 11.8 Å². The van der Waals surface area contributed by atoms with Crippen molar-refractivity contribution in [3.8, 4) is 0 Å². The summed E-state index contributed by atoms with van der Waals surface area (Å²) >= 11 is 0. The molecule has 4 heteroatoms. The lowest BCUT2D eigenvalue weighted by Crippen LogP contribution is -2.31. The van der Waals surface area contributed by atoms with Crippen LogP contribution in [0, 0.1) is 20.8 Å². The zero-order chi connectivity index (χ0) is 21.3. The number of carbonyl (C=O) groups excluding carboxylic acids is 2. The van der Waals surface area contributed by atoms with E-state index in [9.17, 15) is 9.59 Å². The van der Waals surface area contributed by atoms with Gasteiger partial charge in [0.15, 0.2) is 0 Å². The van der Waals surface area contributed by atoms with Crippen LogP contribution in [0.25, 0.3) is 6.08 Å². The summed E-state index contributed by atoms with van der Waals surface area (Å²) in [5.74, 6) is 0.0385. The van der Waals surface area contributed by atoms with Crippen molar-refractivity contribution in [1.29, 1.82) is 0 Å². The molecule has 2 aromatic carbocycles. The van der Waals surface area contributed by atoms with Gasteiger partial charge in [-0.2, -0.15) is 0 Å². The normalized spacial score (nSPS) is 16.0. The highest BCUT2D eigenvalue weighted by atomic mass is 16.2. The average molecular weight is 403 g/mol. The first kappa shape index (κ1) is 20.4. The third-order valence-corrected chi connectivity index (χ3v) is 6.04. The molecular weight excluding hydrogens is 372 g/mol. The molecule has 0 saturated heterocycles. The third-order valence-electron chi connectivity index (χ3n) is 6.04. The summed E-state index contributed by atoms with van der Waals surface area (Å²) < 4.78 is 0.